The third-order valence-corrected chi connectivity index (χ3v) is 4.97. The lowest BCUT2D eigenvalue weighted by molar-refractivity contribution is 0.0457. The first-order valence-corrected chi connectivity index (χ1v) is 9.43. The molecule has 0 aliphatic carbocycles. The quantitative estimate of drug-likeness (QED) is 0.401. The minimum Gasteiger partial charge on any atom is -0.497 e. The number of esters is 1. The lowest BCUT2D eigenvalue weighted by Crippen LogP contribution is -2.12. The number of halogens is 2. The summed E-state index contributed by atoms with van der Waals surface area (Å²) in [5.74, 6) is 0.482. The molecule has 0 fully saturated rings. The van der Waals surface area contributed by atoms with Gasteiger partial charge in [-0.2, -0.15) is 0 Å². The summed E-state index contributed by atoms with van der Waals surface area (Å²) in [6.45, 7) is -0.0903. The van der Waals surface area contributed by atoms with Crippen LogP contribution in [0.5, 0.6) is 5.75 Å². The molecule has 0 N–H and O–H groups in total. The third-order valence-electron chi connectivity index (χ3n) is 4.16. The first kappa shape index (κ1) is 19.9. The van der Waals surface area contributed by atoms with Gasteiger partial charge in [0.2, 0.25) is 5.89 Å². The van der Waals surface area contributed by atoms with Gasteiger partial charge in [-0.3, -0.25) is 0 Å². The molecule has 0 bridgehead atoms. The Kier molecular flexibility index (Phi) is 5.69. The van der Waals surface area contributed by atoms with E-state index < -0.39 is 5.97 Å². The van der Waals surface area contributed by atoms with Gasteiger partial charge in [0.25, 0.3) is 0 Å². The molecule has 4 rings (SSSR count). The summed E-state index contributed by atoms with van der Waals surface area (Å²) >= 11 is 12.2. The molecule has 152 valence electrons. The molecule has 2 aromatic heterocycles. The van der Waals surface area contributed by atoms with Gasteiger partial charge in [0.05, 0.1) is 29.0 Å². The molecule has 0 aliphatic heterocycles. The lowest BCUT2D eigenvalue weighted by Gasteiger charge is -2.08. The first-order chi connectivity index (χ1) is 14.6. The summed E-state index contributed by atoms with van der Waals surface area (Å²) in [4.78, 5) is 16.9. The fraction of sp³-hybridized carbons (Fsp3) is 0.100. The minimum absolute atomic E-state index is 0.0903. The van der Waals surface area contributed by atoms with Crippen LogP contribution in [0.4, 0.5) is 0 Å². The molecule has 10 heteroatoms. The van der Waals surface area contributed by atoms with Gasteiger partial charge in [-0.25, -0.2) is 14.5 Å². The van der Waals surface area contributed by atoms with Crippen LogP contribution in [0.25, 0.3) is 17.1 Å². The molecular weight excluding hydrogens is 431 g/mol. The van der Waals surface area contributed by atoms with Crippen LogP contribution in [-0.4, -0.2) is 33.1 Å². The zero-order valence-electron chi connectivity index (χ0n) is 15.6. The van der Waals surface area contributed by atoms with Crippen molar-refractivity contribution in [2.45, 2.75) is 6.61 Å². The summed E-state index contributed by atoms with van der Waals surface area (Å²) in [5, 5.41) is 8.25. The Morgan fingerprint density at radius 2 is 1.97 bits per heavy atom. The highest BCUT2D eigenvalue weighted by atomic mass is 35.5. The first-order valence-electron chi connectivity index (χ1n) is 8.68. The van der Waals surface area contributed by atoms with E-state index in [4.69, 9.17) is 37.1 Å². The summed E-state index contributed by atoms with van der Waals surface area (Å²) in [6, 6.07) is 12.2. The van der Waals surface area contributed by atoms with E-state index in [0.29, 0.717) is 22.3 Å². The largest absolute Gasteiger partial charge is 0.497 e. The molecule has 0 spiro atoms. The van der Waals surface area contributed by atoms with Crippen LogP contribution in [0, 0.1) is 0 Å². The second-order valence-electron chi connectivity index (χ2n) is 6.05. The number of hydrogen-bond acceptors (Lipinski definition) is 7. The number of aromatic nitrogens is 4. The van der Waals surface area contributed by atoms with Crippen LogP contribution in [-0.2, 0) is 11.3 Å². The average Bonchev–Trinajstić information content (AvgIpc) is 3.44. The molecule has 0 aliphatic rings. The van der Waals surface area contributed by atoms with E-state index in [1.165, 1.54) is 17.1 Å². The van der Waals surface area contributed by atoms with Gasteiger partial charge < -0.3 is 13.9 Å². The van der Waals surface area contributed by atoms with E-state index in [0.717, 1.165) is 11.3 Å². The standard InChI is InChI=1S/C20H14Cl2N4O4/c1-28-14-7-5-12(6-8-14)19-24-13(10-29-19)11-30-20(27)17-9-23-25-26(17)16-4-2-3-15(21)18(16)22/h2-10H,11H2,1H3. The molecule has 0 amide bonds. The van der Waals surface area contributed by atoms with E-state index in [1.807, 2.05) is 12.1 Å². The van der Waals surface area contributed by atoms with Gasteiger partial charge in [0.1, 0.15) is 24.3 Å². The molecule has 0 unspecified atom stereocenters. The zero-order valence-corrected chi connectivity index (χ0v) is 17.1. The summed E-state index contributed by atoms with van der Waals surface area (Å²) in [5.41, 5.74) is 1.73. The van der Waals surface area contributed by atoms with Crippen molar-refractivity contribution in [3.8, 4) is 22.9 Å². The molecule has 0 atom stereocenters. The van der Waals surface area contributed by atoms with E-state index in [-0.39, 0.29) is 17.3 Å². The van der Waals surface area contributed by atoms with E-state index in [1.54, 1.807) is 37.4 Å². The van der Waals surface area contributed by atoms with Gasteiger partial charge in [-0.1, -0.05) is 34.5 Å². The van der Waals surface area contributed by atoms with E-state index in [2.05, 4.69) is 15.3 Å². The monoisotopic (exact) mass is 444 g/mol. The maximum atomic E-state index is 12.5. The van der Waals surface area contributed by atoms with Crippen LogP contribution in [0.15, 0.2) is 59.3 Å². The predicted octanol–water partition coefficient (Wildman–Crippen LogP) is 4.59. The number of hydrogen-bond donors (Lipinski definition) is 0. The maximum Gasteiger partial charge on any atom is 0.359 e. The Morgan fingerprint density at radius 3 is 2.73 bits per heavy atom. The lowest BCUT2D eigenvalue weighted by atomic mass is 10.2. The van der Waals surface area contributed by atoms with E-state index in [9.17, 15) is 4.79 Å². The Morgan fingerprint density at radius 1 is 1.17 bits per heavy atom. The number of benzene rings is 2. The van der Waals surface area contributed by atoms with Crippen LogP contribution in [0.1, 0.15) is 16.2 Å². The number of methoxy groups -OCH3 is 1. The molecule has 30 heavy (non-hydrogen) atoms. The van der Waals surface area contributed by atoms with Crippen molar-refractivity contribution in [1.29, 1.82) is 0 Å². The van der Waals surface area contributed by atoms with Crippen LogP contribution in [0.3, 0.4) is 0 Å². The Hall–Kier alpha value is -3.36. The summed E-state index contributed by atoms with van der Waals surface area (Å²) in [7, 11) is 1.59. The molecule has 0 saturated carbocycles. The zero-order chi connectivity index (χ0) is 21.1. The van der Waals surface area contributed by atoms with Gasteiger partial charge >= 0.3 is 5.97 Å². The fourth-order valence-electron chi connectivity index (χ4n) is 2.66. The van der Waals surface area contributed by atoms with Crippen molar-refractivity contribution >= 4 is 29.2 Å². The second-order valence-corrected chi connectivity index (χ2v) is 6.84. The normalized spacial score (nSPS) is 10.8. The van der Waals surface area contributed by atoms with Crippen molar-refractivity contribution < 1.29 is 18.7 Å². The smallest absolute Gasteiger partial charge is 0.359 e. The Balaban J connectivity index is 1.47. The molecule has 0 radical (unpaired) electrons. The van der Waals surface area contributed by atoms with Crippen molar-refractivity contribution in [3.05, 3.63) is 76.4 Å². The van der Waals surface area contributed by atoms with Gasteiger partial charge in [-0.05, 0) is 36.4 Å². The molecule has 8 nitrogen and oxygen atoms in total. The number of carbonyl (C=O) groups is 1. The molecular formula is C20H14Cl2N4O4. The van der Waals surface area contributed by atoms with Crippen molar-refractivity contribution in [1.82, 2.24) is 20.0 Å². The van der Waals surface area contributed by atoms with Crippen LogP contribution < -0.4 is 4.74 Å². The molecule has 2 heterocycles. The van der Waals surface area contributed by atoms with Crippen molar-refractivity contribution in [3.63, 3.8) is 0 Å². The molecule has 0 saturated heterocycles. The third kappa shape index (κ3) is 4.00. The second kappa shape index (κ2) is 8.56. The maximum absolute atomic E-state index is 12.5. The van der Waals surface area contributed by atoms with Crippen molar-refractivity contribution in [2.75, 3.05) is 7.11 Å². The number of rotatable bonds is 6. The Bertz CT molecular complexity index is 1190. The summed E-state index contributed by atoms with van der Waals surface area (Å²) < 4.78 is 17.2. The molecule has 4 aromatic rings. The SMILES string of the molecule is COc1ccc(-c2nc(COC(=O)c3cnnn3-c3cccc(Cl)c3Cl)co2)cc1. The number of nitrogens with zero attached hydrogens (tertiary/aromatic N) is 4. The topological polar surface area (TPSA) is 92.3 Å². The van der Waals surface area contributed by atoms with E-state index >= 15 is 0 Å². The average molecular weight is 445 g/mol. The fourth-order valence-corrected chi connectivity index (χ4v) is 3.04. The highest BCUT2D eigenvalue weighted by molar-refractivity contribution is 6.43. The number of ether oxygens (including phenoxy) is 2. The number of carbonyl (C=O) groups excluding carboxylic acids is 1. The highest BCUT2D eigenvalue weighted by Gasteiger charge is 2.19. The predicted molar refractivity (Wildman–Crippen MR) is 109 cm³/mol. The minimum atomic E-state index is -0.648. The van der Waals surface area contributed by atoms with Crippen LogP contribution >= 0.6 is 23.2 Å². The highest BCUT2D eigenvalue weighted by Crippen LogP contribution is 2.29. The molecule has 2 aromatic carbocycles. The number of oxazole rings is 1. The Labute approximate surface area is 181 Å². The van der Waals surface area contributed by atoms with Crippen LogP contribution in [0.2, 0.25) is 10.0 Å². The summed E-state index contributed by atoms with van der Waals surface area (Å²) in [6.07, 6.45) is 2.71. The van der Waals surface area contributed by atoms with Gasteiger partial charge in [0, 0.05) is 5.56 Å². The van der Waals surface area contributed by atoms with Gasteiger partial charge in [-0.15, -0.1) is 5.10 Å². The van der Waals surface area contributed by atoms with Gasteiger partial charge in [0.15, 0.2) is 5.69 Å². The van der Waals surface area contributed by atoms with Crippen molar-refractivity contribution in [2.24, 2.45) is 0 Å².